The number of unbranched alkanes of at least 4 members (excludes halogenated alkanes) is 3. The largest absolute Gasteiger partial charge is 0.481 e. The summed E-state index contributed by atoms with van der Waals surface area (Å²) in [5.74, 6) is -2.50. The zero-order chi connectivity index (χ0) is 18.7. The molecule has 1 aromatic carbocycles. The van der Waals surface area contributed by atoms with Crippen LogP contribution in [0, 0.1) is 0 Å². The van der Waals surface area contributed by atoms with Gasteiger partial charge in [0.15, 0.2) is 0 Å². The Labute approximate surface area is 148 Å². The lowest BCUT2D eigenvalue weighted by atomic mass is 10.0. The highest BCUT2D eigenvalue weighted by Crippen LogP contribution is 2.19. The van der Waals surface area contributed by atoms with E-state index in [1.807, 2.05) is 0 Å². The Balaban J connectivity index is 0.000000299. The van der Waals surface area contributed by atoms with Crippen LogP contribution in [-0.4, -0.2) is 39.6 Å². The van der Waals surface area contributed by atoms with Crippen LogP contribution in [0.1, 0.15) is 50.2 Å². The molecule has 0 radical (unpaired) electrons. The van der Waals surface area contributed by atoms with Crippen molar-refractivity contribution in [2.45, 2.75) is 51.6 Å². The van der Waals surface area contributed by atoms with Crippen LogP contribution >= 0.6 is 0 Å². The van der Waals surface area contributed by atoms with Crippen LogP contribution < -0.4 is 5.73 Å². The lowest BCUT2D eigenvalue weighted by molar-refractivity contribution is -0.144. The number of nitrogens with zero attached hydrogens (tertiary/aromatic N) is 1. The lowest BCUT2D eigenvalue weighted by Crippen LogP contribution is -2.32. The van der Waals surface area contributed by atoms with E-state index in [2.05, 4.69) is 48.4 Å². The molecule has 0 saturated carbocycles. The van der Waals surface area contributed by atoms with Crippen molar-refractivity contribution in [3.8, 4) is 0 Å². The van der Waals surface area contributed by atoms with Crippen molar-refractivity contribution in [1.82, 2.24) is 4.90 Å². The predicted octanol–water partition coefficient (Wildman–Crippen LogP) is 2.93. The van der Waals surface area contributed by atoms with Crippen molar-refractivity contribution < 1.29 is 19.8 Å². The Kier molecular flexibility index (Phi) is 9.32. The molecule has 25 heavy (non-hydrogen) atoms. The normalized spacial score (nSPS) is 13.4. The van der Waals surface area contributed by atoms with Crippen LogP contribution in [0.4, 0.5) is 0 Å². The molecule has 0 spiro atoms. The summed E-state index contributed by atoms with van der Waals surface area (Å²) >= 11 is 0. The molecule has 0 aromatic heterocycles. The van der Waals surface area contributed by atoms with Crippen LogP contribution in [0.5, 0.6) is 0 Å². The fourth-order valence-corrected chi connectivity index (χ4v) is 2.47. The molecular formula is C19H28N2O4. The average molecular weight is 348 g/mol. The van der Waals surface area contributed by atoms with Gasteiger partial charge in [-0.1, -0.05) is 50.5 Å². The molecule has 0 fully saturated rings. The van der Waals surface area contributed by atoms with Crippen LogP contribution in [0.3, 0.4) is 0 Å². The van der Waals surface area contributed by atoms with Gasteiger partial charge in [-0.3, -0.25) is 9.59 Å². The molecule has 4 N–H and O–H groups in total. The van der Waals surface area contributed by atoms with E-state index in [0.29, 0.717) is 0 Å². The van der Waals surface area contributed by atoms with Crippen molar-refractivity contribution >= 4 is 18.0 Å². The van der Waals surface area contributed by atoms with E-state index in [0.717, 1.165) is 6.54 Å². The van der Waals surface area contributed by atoms with Gasteiger partial charge in [-0.15, -0.1) is 0 Å². The van der Waals surface area contributed by atoms with Gasteiger partial charge in [0.25, 0.3) is 0 Å². The van der Waals surface area contributed by atoms with Crippen molar-refractivity contribution in [3.05, 3.63) is 41.6 Å². The van der Waals surface area contributed by atoms with Crippen molar-refractivity contribution in [2.75, 3.05) is 6.54 Å². The van der Waals surface area contributed by atoms with E-state index < -0.39 is 24.4 Å². The van der Waals surface area contributed by atoms with Gasteiger partial charge >= 0.3 is 11.9 Å². The smallest absolute Gasteiger partial charge is 0.321 e. The number of nitrogens with two attached hydrogens (primary N) is 1. The van der Waals surface area contributed by atoms with Gasteiger partial charge in [-0.05, 0) is 29.8 Å². The number of hydrogen-bond acceptors (Lipinski definition) is 4. The van der Waals surface area contributed by atoms with Crippen LogP contribution in [0.25, 0.3) is 6.08 Å². The molecule has 1 aromatic rings. The van der Waals surface area contributed by atoms with Crippen LogP contribution in [-0.2, 0) is 16.1 Å². The standard InChI is InChI=1S/C15H21N.C4H7NO4/c1-2-3-4-7-11-16-12-10-14-8-5-6-9-15(14)13-16;5-2(4(8)9)1-3(6)7/h5-6,8-10,12H,2-4,7,11,13H2,1H3;2H,1,5H2,(H,6,7)(H,8,9). The van der Waals surface area contributed by atoms with Gasteiger partial charge in [0.05, 0.1) is 6.42 Å². The number of rotatable bonds is 8. The van der Waals surface area contributed by atoms with Gasteiger partial charge in [-0.25, -0.2) is 0 Å². The number of benzene rings is 1. The molecule has 1 heterocycles. The Hall–Kier alpha value is -2.34. The fourth-order valence-electron chi connectivity index (χ4n) is 2.47. The van der Waals surface area contributed by atoms with Gasteiger partial charge in [0.1, 0.15) is 6.04 Å². The Morgan fingerprint density at radius 2 is 1.92 bits per heavy atom. The Bertz CT molecular complexity index is 587. The number of fused-ring (bicyclic) bond motifs is 1. The minimum Gasteiger partial charge on any atom is -0.481 e. The number of carboxylic acid groups (broad SMARTS) is 2. The summed E-state index contributed by atoms with van der Waals surface area (Å²) in [6.45, 7) is 4.54. The van der Waals surface area contributed by atoms with Gasteiger partial charge < -0.3 is 20.8 Å². The minimum atomic E-state index is -1.29. The first-order valence-electron chi connectivity index (χ1n) is 8.64. The summed E-state index contributed by atoms with van der Waals surface area (Å²) < 4.78 is 0. The molecule has 1 unspecified atom stereocenters. The van der Waals surface area contributed by atoms with Crippen LogP contribution in [0.15, 0.2) is 30.5 Å². The predicted molar refractivity (Wildman–Crippen MR) is 97.9 cm³/mol. The maximum Gasteiger partial charge on any atom is 0.321 e. The molecule has 1 aliphatic heterocycles. The Morgan fingerprint density at radius 3 is 2.52 bits per heavy atom. The summed E-state index contributed by atoms with van der Waals surface area (Å²) in [6.07, 6.45) is 9.32. The molecule has 138 valence electrons. The Morgan fingerprint density at radius 1 is 1.20 bits per heavy atom. The molecule has 0 amide bonds. The molecule has 6 nitrogen and oxygen atoms in total. The van der Waals surface area contributed by atoms with E-state index in [1.165, 1.54) is 43.4 Å². The summed E-state index contributed by atoms with van der Waals surface area (Å²) in [5, 5.41) is 16.0. The van der Waals surface area contributed by atoms with Gasteiger partial charge in [0.2, 0.25) is 0 Å². The second-order valence-electron chi connectivity index (χ2n) is 6.09. The molecule has 2 rings (SSSR count). The van der Waals surface area contributed by atoms with E-state index in [4.69, 9.17) is 15.9 Å². The zero-order valence-corrected chi connectivity index (χ0v) is 14.7. The second kappa shape index (κ2) is 11.3. The molecule has 0 aliphatic carbocycles. The monoisotopic (exact) mass is 348 g/mol. The van der Waals surface area contributed by atoms with E-state index >= 15 is 0 Å². The first kappa shape index (κ1) is 20.7. The average Bonchev–Trinajstić information content (AvgIpc) is 2.58. The summed E-state index contributed by atoms with van der Waals surface area (Å²) in [7, 11) is 0. The minimum absolute atomic E-state index is 0.532. The summed E-state index contributed by atoms with van der Waals surface area (Å²) in [5.41, 5.74) is 7.68. The quantitative estimate of drug-likeness (QED) is 0.624. The van der Waals surface area contributed by atoms with E-state index in [-0.39, 0.29) is 0 Å². The van der Waals surface area contributed by atoms with Gasteiger partial charge in [0, 0.05) is 13.1 Å². The van der Waals surface area contributed by atoms with Crippen molar-refractivity contribution in [2.24, 2.45) is 5.73 Å². The summed E-state index contributed by atoms with van der Waals surface area (Å²) in [6, 6.07) is 7.38. The second-order valence-corrected chi connectivity index (χ2v) is 6.09. The van der Waals surface area contributed by atoms with Crippen molar-refractivity contribution in [1.29, 1.82) is 0 Å². The topological polar surface area (TPSA) is 104 Å². The zero-order valence-electron chi connectivity index (χ0n) is 14.7. The maximum absolute atomic E-state index is 9.85. The number of carbonyl (C=O) groups is 2. The lowest BCUT2D eigenvalue weighted by Gasteiger charge is -2.25. The molecule has 6 heteroatoms. The summed E-state index contributed by atoms with van der Waals surface area (Å²) in [4.78, 5) is 22.0. The van der Waals surface area contributed by atoms with Crippen LogP contribution in [0.2, 0.25) is 0 Å². The first-order valence-corrected chi connectivity index (χ1v) is 8.64. The number of aliphatic carboxylic acids is 2. The third-order valence-electron chi connectivity index (χ3n) is 3.90. The van der Waals surface area contributed by atoms with E-state index in [1.54, 1.807) is 0 Å². The van der Waals surface area contributed by atoms with E-state index in [9.17, 15) is 9.59 Å². The highest BCUT2D eigenvalue weighted by molar-refractivity contribution is 5.80. The first-order chi connectivity index (χ1) is 11.9. The highest BCUT2D eigenvalue weighted by Gasteiger charge is 2.14. The molecular weight excluding hydrogens is 320 g/mol. The maximum atomic E-state index is 9.85. The number of hydrogen-bond donors (Lipinski definition) is 3. The molecule has 1 aliphatic rings. The molecule has 0 bridgehead atoms. The fraction of sp³-hybridized carbons (Fsp3) is 0.474. The molecule has 1 atom stereocenters. The SMILES string of the molecule is CCCCCCN1C=Cc2ccccc2C1.NC(CC(=O)O)C(=O)O. The third kappa shape index (κ3) is 8.35. The highest BCUT2D eigenvalue weighted by atomic mass is 16.4. The third-order valence-corrected chi connectivity index (χ3v) is 3.90. The van der Waals surface area contributed by atoms with Gasteiger partial charge in [-0.2, -0.15) is 0 Å². The molecule has 0 saturated heterocycles. The van der Waals surface area contributed by atoms with Crippen molar-refractivity contribution in [3.63, 3.8) is 0 Å². The number of carboxylic acids is 2.